The highest BCUT2D eigenvalue weighted by Gasteiger charge is 2.29. The summed E-state index contributed by atoms with van der Waals surface area (Å²) < 4.78 is 5.57. The number of allylic oxidation sites excluding steroid dienone is 1. The third-order valence-corrected chi connectivity index (χ3v) is 3.45. The molecule has 0 aromatic carbocycles. The van der Waals surface area contributed by atoms with Crippen LogP contribution in [0.1, 0.15) is 22.5 Å². The molecule has 0 spiro atoms. The minimum absolute atomic E-state index is 0.123. The van der Waals surface area contributed by atoms with Crippen molar-refractivity contribution in [1.29, 1.82) is 0 Å². The number of ketones is 1. The average molecular weight is 273 g/mol. The van der Waals surface area contributed by atoms with E-state index >= 15 is 0 Å². The van der Waals surface area contributed by atoms with Crippen molar-refractivity contribution in [2.75, 3.05) is 19.7 Å². The molecule has 1 aliphatic heterocycles. The number of nitrogens with zero attached hydrogens (tertiary/aromatic N) is 2. The molecular weight excluding hydrogens is 258 g/mol. The van der Waals surface area contributed by atoms with Crippen molar-refractivity contribution >= 4 is 11.5 Å². The summed E-state index contributed by atoms with van der Waals surface area (Å²) in [6, 6.07) is 3.46. The van der Waals surface area contributed by atoms with Crippen LogP contribution in [0.15, 0.2) is 35.1 Å². The molecule has 0 amide bonds. The first-order chi connectivity index (χ1) is 9.79. The number of carbonyl (C=O) groups excluding carboxylic acids is 1. The zero-order valence-corrected chi connectivity index (χ0v) is 10.9. The van der Waals surface area contributed by atoms with Gasteiger partial charge in [-0.15, -0.1) is 0 Å². The zero-order valence-electron chi connectivity index (χ0n) is 10.9. The van der Waals surface area contributed by atoms with Gasteiger partial charge in [0.25, 0.3) is 0 Å². The molecule has 0 radical (unpaired) electrons. The third kappa shape index (κ3) is 2.35. The Morgan fingerprint density at radius 2 is 2.45 bits per heavy atom. The molecule has 1 unspecified atom stereocenters. The van der Waals surface area contributed by atoms with Gasteiger partial charge in [-0.1, -0.05) is 5.16 Å². The first kappa shape index (κ1) is 13.0. The maximum atomic E-state index is 12.4. The smallest absolute Gasteiger partial charge is 0.208 e. The number of Topliss-reactive ketones (excluding diaryl/α,β-unsaturated/α-hetero) is 1. The van der Waals surface area contributed by atoms with Crippen LogP contribution in [0.3, 0.4) is 0 Å². The van der Waals surface area contributed by atoms with E-state index in [1.165, 1.54) is 0 Å². The minimum Gasteiger partial charge on any atom is -0.411 e. The Bertz CT molecular complexity index is 589. The van der Waals surface area contributed by atoms with Crippen LogP contribution in [0.4, 0.5) is 0 Å². The fourth-order valence-electron chi connectivity index (χ4n) is 2.47. The molecule has 2 heterocycles. The number of hydrogen-bond acceptors (Lipinski definition) is 6. The number of ether oxygens (including phenoxy) is 1. The molecule has 6 nitrogen and oxygen atoms in total. The topological polar surface area (TPSA) is 83.8 Å². The van der Waals surface area contributed by atoms with Crippen LogP contribution >= 0.6 is 0 Å². The summed E-state index contributed by atoms with van der Waals surface area (Å²) in [6.45, 7) is 2.12. The van der Waals surface area contributed by atoms with Crippen LogP contribution in [0.5, 0.6) is 0 Å². The van der Waals surface area contributed by atoms with E-state index in [9.17, 15) is 4.79 Å². The molecule has 1 aliphatic carbocycles. The van der Waals surface area contributed by atoms with E-state index in [1.54, 1.807) is 24.4 Å². The molecule has 6 heteroatoms. The van der Waals surface area contributed by atoms with E-state index in [2.05, 4.69) is 15.5 Å². The molecule has 2 aliphatic rings. The predicted molar refractivity (Wildman–Crippen MR) is 72.2 cm³/mol. The van der Waals surface area contributed by atoms with Crippen LogP contribution < -0.4 is 5.32 Å². The third-order valence-electron chi connectivity index (χ3n) is 3.45. The van der Waals surface area contributed by atoms with Crippen LogP contribution in [0, 0.1) is 0 Å². The van der Waals surface area contributed by atoms with Gasteiger partial charge >= 0.3 is 0 Å². The quantitative estimate of drug-likeness (QED) is 0.448. The van der Waals surface area contributed by atoms with E-state index < -0.39 is 0 Å². The Hall–Kier alpha value is -2.05. The van der Waals surface area contributed by atoms with Gasteiger partial charge in [0, 0.05) is 36.8 Å². The summed E-state index contributed by atoms with van der Waals surface area (Å²) in [6.07, 6.45) is 3.53. The number of aromatic nitrogens is 1. The Morgan fingerprint density at radius 1 is 1.55 bits per heavy atom. The van der Waals surface area contributed by atoms with Crippen molar-refractivity contribution in [3.8, 4) is 0 Å². The normalized spacial score (nSPS) is 26.8. The molecule has 3 rings (SSSR count). The maximum Gasteiger partial charge on any atom is 0.208 e. The number of morpholine rings is 1. The SMILES string of the molecule is O=C1C(=CC2CNCCO2)CC(=NO)c2cccnc21. The average Bonchev–Trinajstić information content (AvgIpc) is 2.51. The number of pyridine rings is 1. The Kier molecular flexibility index (Phi) is 3.58. The van der Waals surface area contributed by atoms with Crippen molar-refractivity contribution in [2.24, 2.45) is 5.16 Å². The van der Waals surface area contributed by atoms with E-state index in [1.807, 2.05) is 0 Å². The number of rotatable bonds is 1. The van der Waals surface area contributed by atoms with Gasteiger partial charge in [0.1, 0.15) is 5.69 Å². The van der Waals surface area contributed by atoms with Crippen LogP contribution in [-0.4, -0.2) is 47.5 Å². The van der Waals surface area contributed by atoms with Gasteiger partial charge in [0.2, 0.25) is 5.78 Å². The van der Waals surface area contributed by atoms with Crippen molar-refractivity contribution < 1.29 is 14.7 Å². The van der Waals surface area contributed by atoms with Gasteiger partial charge < -0.3 is 15.3 Å². The second-order valence-corrected chi connectivity index (χ2v) is 4.76. The highest BCUT2D eigenvalue weighted by atomic mass is 16.5. The molecule has 0 saturated carbocycles. The summed E-state index contributed by atoms with van der Waals surface area (Å²) >= 11 is 0. The van der Waals surface area contributed by atoms with Gasteiger partial charge in [-0.25, -0.2) is 0 Å². The van der Waals surface area contributed by atoms with E-state index in [0.717, 1.165) is 6.54 Å². The van der Waals surface area contributed by atoms with E-state index in [-0.39, 0.29) is 11.9 Å². The Labute approximate surface area is 116 Å². The lowest BCUT2D eigenvalue weighted by molar-refractivity contribution is 0.0582. The molecule has 2 N–H and O–H groups in total. The van der Waals surface area contributed by atoms with Crippen LogP contribution in [0.25, 0.3) is 0 Å². The monoisotopic (exact) mass is 273 g/mol. The van der Waals surface area contributed by atoms with Crippen LogP contribution in [-0.2, 0) is 4.74 Å². The number of carbonyl (C=O) groups is 1. The number of hydrogen-bond donors (Lipinski definition) is 2. The van der Waals surface area contributed by atoms with Crippen molar-refractivity contribution in [3.63, 3.8) is 0 Å². The molecule has 1 aromatic rings. The zero-order chi connectivity index (χ0) is 13.9. The first-order valence-electron chi connectivity index (χ1n) is 6.53. The Morgan fingerprint density at radius 3 is 3.20 bits per heavy atom. The molecule has 0 bridgehead atoms. The van der Waals surface area contributed by atoms with Gasteiger partial charge in [0.15, 0.2) is 0 Å². The van der Waals surface area contributed by atoms with Crippen molar-refractivity contribution in [2.45, 2.75) is 12.5 Å². The summed E-state index contributed by atoms with van der Waals surface area (Å²) in [5.74, 6) is -0.123. The molecule has 104 valence electrons. The number of nitrogens with one attached hydrogen (secondary N) is 1. The molecule has 1 fully saturated rings. The molecular formula is C14H15N3O3. The lowest BCUT2D eigenvalue weighted by Crippen LogP contribution is -2.38. The van der Waals surface area contributed by atoms with Gasteiger partial charge in [-0.05, 0) is 18.2 Å². The second kappa shape index (κ2) is 5.52. The largest absolute Gasteiger partial charge is 0.411 e. The lowest BCUT2D eigenvalue weighted by atomic mass is 9.88. The first-order valence-corrected chi connectivity index (χ1v) is 6.53. The van der Waals surface area contributed by atoms with Crippen LogP contribution in [0.2, 0.25) is 0 Å². The fourth-order valence-corrected chi connectivity index (χ4v) is 2.47. The standard InChI is InChI=1S/C14H15N3O3/c18-14-9(6-10-8-15-4-5-20-10)7-12(17-19)11-2-1-3-16-13(11)14/h1-3,6,10,15,19H,4-5,7-8H2. The second-order valence-electron chi connectivity index (χ2n) is 4.76. The number of fused-ring (bicyclic) bond motifs is 1. The summed E-state index contributed by atoms with van der Waals surface area (Å²) in [5.41, 5.74) is 1.96. The van der Waals surface area contributed by atoms with Gasteiger partial charge in [-0.2, -0.15) is 0 Å². The van der Waals surface area contributed by atoms with E-state index in [4.69, 9.17) is 9.94 Å². The summed E-state index contributed by atoms with van der Waals surface area (Å²) in [5, 5.41) is 15.6. The van der Waals surface area contributed by atoms with Crippen molar-refractivity contribution in [3.05, 3.63) is 41.2 Å². The predicted octanol–water partition coefficient (Wildman–Crippen LogP) is 0.761. The Balaban J connectivity index is 1.95. The van der Waals surface area contributed by atoms with Gasteiger partial charge in [-0.3, -0.25) is 9.78 Å². The maximum absolute atomic E-state index is 12.4. The minimum atomic E-state index is -0.132. The summed E-state index contributed by atoms with van der Waals surface area (Å²) in [4.78, 5) is 16.5. The molecule has 20 heavy (non-hydrogen) atoms. The highest BCUT2D eigenvalue weighted by molar-refractivity contribution is 6.22. The molecule has 1 saturated heterocycles. The molecule has 1 aromatic heterocycles. The van der Waals surface area contributed by atoms with Gasteiger partial charge in [0.05, 0.1) is 18.4 Å². The number of oxime groups is 1. The lowest BCUT2D eigenvalue weighted by Gasteiger charge is -2.23. The van der Waals surface area contributed by atoms with E-state index in [0.29, 0.717) is 42.1 Å². The highest BCUT2D eigenvalue weighted by Crippen LogP contribution is 2.24. The van der Waals surface area contributed by atoms with Crippen molar-refractivity contribution in [1.82, 2.24) is 10.3 Å². The summed E-state index contributed by atoms with van der Waals surface area (Å²) in [7, 11) is 0. The fraction of sp³-hybridized carbons (Fsp3) is 0.357. The molecule has 1 atom stereocenters.